The molecule has 0 fully saturated rings. The fraction of sp³-hybridized carbons (Fsp3) is 1.00. The van der Waals surface area contributed by atoms with E-state index in [1.165, 1.54) is 38.5 Å². The first kappa shape index (κ1) is 13.3. The fourth-order valence-corrected chi connectivity index (χ4v) is 1.78. The number of halogens is 1. The van der Waals surface area contributed by atoms with Gasteiger partial charge in [0.25, 0.3) is 0 Å². The second kappa shape index (κ2) is 7.67. The Kier molecular flexibility index (Phi) is 7.84. The third-order valence-corrected chi connectivity index (χ3v) is 3.72. The highest BCUT2D eigenvalue weighted by Crippen LogP contribution is 2.30. The average molecular weight is 205 g/mol. The molecule has 0 aromatic carbocycles. The van der Waals surface area contributed by atoms with Crippen LogP contribution < -0.4 is 0 Å². The zero-order chi connectivity index (χ0) is 10.2. The Labute approximate surface area is 89.1 Å². The summed E-state index contributed by atoms with van der Waals surface area (Å²) >= 11 is 6.42. The Morgan fingerprint density at radius 2 is 1.38 bits per heavy atom. The minimum atomic E-state index is 0.103. The first-order valence-corrected chi connectivity index (χ1v) is 6.25. The van der Waals surface area contributed by atoms with Gasteiger partial charge in [0.15, 0.2) is 0 Å². The topological polar surface area (TPSA) is 0 Å². The van der Waals surface area contributed by atoms with Crippen LogP contribution in [-0.2, 0) is 0 Å². The standard InChI is InChI=1S/C12H25Cl/c1-4-7-8-9-10-11-12(13,5-2)6-3/h4-11H2,1-3H3. The number of unbranched alkanes of at least 4 members (excludes halogenated alkanes) is 4. The van der Waals surface area contributed by atoms with E-state index >= 15 is 0 Å². The van der Waals surface area contributed by atoms with Crippen molar-refractivity contribution in [3.8, 4) is 0 Å². The van der Waals surface area contributed by atoms with Crippen LogP contribution in [0.1, 0.15) is 72.1 Å². The quantitative estimate of drug-likeness (QED) is 0.379. The predicted octanol–water partition coefficient (Wildman–Crippen LogP) is 5.14. The van der Waals surface area contributed by atoms with Gasteiger partial charge in [-0.2, -0.15) is 0 Å². The molecule has 1 heteroatoms. The molecule has 0 amide bonds. The summed E-state index contributed by atoms with van der Waals surface area (Å²) in [6, 6.07) is 0. The van der Waals surface area contributed by atoms with E-state index in [1.54, 1.807) is 0 Å². The molecule has 0 aliphatic carbocycles. The highest BCUT2D eigenvalue weighted by atomic mass is 35.5. The molecular weight excluding hydrogens is 180 g/mol. The van der Waals surface area contributed by atoms with E-state index in [-0.39, 0.29) is 4.87 Å². The minimum Gasteiger partial charge on any atom is -0.119 e. The van der Waals surface area contributed by atoms with Crippen LogP contribution in [0.2, 0.25) is 0 Å². The van der Waals surface area contributed by atoms with E-state index in [2.05, 4.69) is 20.8 Å². The van der Waals surface area contributed by atoms with Gasteiger partial charge in [-0.25, -0.2) is 0 Å². The van der Waals surface area contributed by atoms with Crippen molar-refractivity contribution >= 4 is 11.6 Å². The summed E-state index contributed by atoms with van der Waals surface area (Å²) in [6.45, 7) is 6.65. The first-order valence-electron chi connectivity index (χ1n) is 5.87. The third kappa shape index (κ3) is 6.37. The smallest absolute Gasteiger partial charge is 0.0441 e. The zero-order valence-corrected chi connectivity index (χ0v) is 10.3. The number of rotatable bonds is 8. The van der Waals surface area contributed by atoms with Crippen molar-refractivity contribution in [2.75, 3.05) is 0 Å². The van der Waals surface area contributed by atoms with Gasteiger partial charge in [0.05, 0.1) is 0 Å². The molecule has 0 nitrogen and oxygen atoms in total. The molecule has 0 aromatic heterocycles. The second-order valence-electron chi connectivity index (χ2n) is 4.02. The average Bonchev–Trinajstić information content (AvgIpc) is 2.17. The van der Waals surface area contributed by atoms with Crippen LogP contribution in [-0.4, -0.2) is 4.87 Å². The molecule has 13 heavy (non-hydrogen) atoms. The zero-order valence-electron chi connectivity index (χ0n) is 9.53. The lowest BCUT2D eigenvalue weighted by Crippen LogP contribution is -2.18. The molecule has 0 N–H and O–H groups in total. The summed E-state index contributed by atoms with van der Waals surface area (Å²) in [5.74, 6) is 0. The Bertz CT molecular complexity index is 106. The van der Waals surface area contributed by atoms with Gasteiger partial charge in [-0.05, 0) is 19.3 Å². The molecule has 0 radical (unpaired) electrons. The van der Waals surface area contributed by atoms with Crippen LogP contribution in [0.4, 0.5) is 0 Å². The van der Waals surface area contributed by atoms with Gasteiger partial charge in [0, 0.05) is 4.87 Å². The van der Waals surface area contributed by atoms with Gasteiger partial charge in [-0.3, -0.25) is 0 Å². The summed E-state index contributed by atoms with van der Waals surface area (Å²) in [5.41, 5.74) is 0. The predicted molar refractivity (Wildman–Crippen MR) is 62.5 cm³/mol. The minimum absolute atomic E-state index is 0.103. The number of hydrogen-bond acceptors (Lipinski definition) is 0. The van der Waals surface area contributed by atoms with Gasteiger partial charge < -0.3 is 0 Å². The summed E-state index contributed by atoms with van der Waals surface area (Å²) in [5, 5.41) is 0. The Hall–Kier alpha value is 0.290. The molecule has 0 aromatic rings. The molecule has 0 aliphatic rings. The fourth-order valence-electron chi connectivity index (χ4n) is 1.65. The van der Waals surface area contributed by atoms with Gasteiger partial charge in [-0.15, -0.1) is 11.6 Å². The lowest BCUT2D eigenvalue weighted by atomic mass is 9.95. The van der Waals surface area contributed by atoms with E-state index < -0.39 is 0 Å². The molecule has 0 atom stereocenters. The molecule has 0 spiro atoms. The molecule has 80 valence electrons. The monoisotopic (exact) mass is 204 g/mol. The molecule has 0 rings (SSSR count). The maximum Gasteiger partial charge on any atom is 0.0441 e. The van der Waals surface area contributed by atoms with Crippen LogP contribution >= 0.6 is 11.6 Å². The van der Waals surface area contributed by atoms with E-state index in [4.69, 9.17) is 11.6 Å². The van der Waals surface area contributed by atoms with Crippen LogP contribution in [0.5, 0.6) is 0 Å². The maximum atomic E-state index is 6.42. The van der Waals surface area contributed by atoms with Crippen molar-refractivity contribution in [2.24, 2.45) is 0 Å². The van der Waals surface area contributed by atoms with Gasteiger partial charge in [-0.1, -0.05) is 52.9 Å². The number of alkyl halides is 1. The van der Waals surface area contributed by atoms with E-state index in [0.29, 0.717) is 0 Å². The van der Waals surface area contributed by atoms with Gasteiger partial charge in [0.2, 0.25) is 0 Å². The molecule has 0 saturated heterocycles. The van der Waals surface area contributed by atoms with Crippen molar-refractivity contribution in [1.82, 2.24) is 0 Å². The summed E-state index contributed by atoms with van der Waals surface area (Å²) < 4.78 is 0. The third-order valence-electron chi connectivity index (χ3n) is 3.00. The molecule has 0 heterocycles. The molecule has 0 bridgehead atoms. The first-order chi connectivity index (χ1) is 6.18. The Balaban J connectivity index is 3.39. The van der Waals surface area contributed by atoms with Crippen LogP contribution in [0.15, 0.2) is 0 Å². The van der Waals surface area contributed by atoms with E-state index in [0.717, 1.165) is 12.8 Å². The van der Waals surface area contributed by atoms with Crippen molar-refractivity contribution in [1.29, 1.82) is 0 Å². The molecule has 0 unspecified atom stereocenters. The lowest BCUT2D eigenvalue weighted by molar-refractivity contribution is 0.461. The summed E-state index contributed by atoms with van der Waals surface area (Å²) in [4.78, 5) is 0.103. The van der Waals surface area contributed by atoms with Crippen molar-refractivity contribution in [3.05, 3.63) is 0 Å². The second-order valence-corrected chi connectivity index (χ2v) is 4.82. The van der Waals surface area contributed by atoms with Crippen molar-refractivity contribution in [3.63, 3.8) is 0 Å². The number of hydrogen-bond donors (Lipinski definition) is 0. The van der Waals surface area contributed by atoms with E-state index in [9.17, 15) is 0 Å². The maximum absolute atomic E-state index is 6.42. The van der Waals surface area contributed by atoms with Crippen molar-refractivity contribution < 1.29 is 0 Å². The van der Waals surface area contributed by atoms with Crippen LogP contribution in [0.3, 0.4) is 0 Å². The van der Waals surface area contributed by atoms with Crippen molar-refractivity contribution in [2.45, 2.75) is 77.0 Å². The highest BCUT2D eigenvalue weighted by Gasteiger charge is 2.21. The largest absolute Gasteiger partial charge is 0.119 e. The normalized spacial score (nSPS) is 12.0. The molecule has 0 saturated carbocycles. The van der Waals surface area contributed by atoms with Crippen LogP contribution in [0, 0.1) is 0 Å². The summed E-state index contributed by atoms with van der Waals surface area (Å²) in [6.07, 6.45) is 10.2. The van der Waals surface area contributed by atoms with Crippen LogP contribution in [0.25, 0.3) is 0 Å². The Morgan fingerprint density at radius 3 is 1.85 bits per heavy atom. The summed E-state index contributed by atoms with van der Waals surface area (Å²) in [7, 11) is 0. The molecule has 0 aliphatic heterocycles. The lowest BCUT2D eigenvalue weighted by Gasteiger charge is -2.23. The van der Waals surface area contributed by atoms with E-state index in [1.807, 2.05) is 0 Å². The highest BCUT2D eigenvalue weighted by molar-refractivity contribution is 6.23. The van der Waals surface area contributed by atoms with Gasteiger partial charge in [0.1, 0.15) is 0 Å². The van der Waals surface area contributed by atoms with Gasteiger partial charge >= 0.3 is 0 Å². The Morgan fingerprint density at radius 1 is 0.846 bits per heavy atom. The SMILES string of the molecule is CCCCCCCC(Cl)(CC)CC. The molecular formula is C12H25Cl.